The fourth-order valence-electron chi connectivity index (χ4n) is 3.16. The van der Waals surface area contributed by atoms with Gasteiger partial charge in [0.15, 0.2) is 5.11 Å². The minimum absolute atomic E-state index is 0.110. The third kappa shape index (κ3) is 7.15. The van der Waals surface area contributed by atoms with Crippen molar-refractivity contribution >= 4 is 34.8 Å². The van der Waals surface area contributed by atoms with Gasteiger partial charge in [0.05, 0.1) is 6.61 Å². The van der Waals surface area contributed by atoms with E-state index in [0.717, 1.165) is 12.0 Å². The summed E-state index contributed by atoms with van der Waals surface area (Å²) in [4.78, 5) is 27.0. The van der Waals surface area contributed by atoms with Gasteiger partial charge in [-0.3, -0.25) is 14.9 Å². The molecule has 0 atom stereocenters. The maximum atomic E-state index is 12.8. The number of ether oxygens (including phenoxy) is 1. The van der Waals surface area contributed by atoms with E-state index in [1.807, 2.05) is 37.3 Å². The van der Waals surface area contributed by atoms with Gasteiger partial charge in [-0.25, -0.2) is 0 Å². The molecule has 0 aliphatic carbocycles. The summed E-state index contributed by atoms with van der Waals surface area (Å²) in [6.07, 6.45) is 0.883. The molecule has 0 heterocycles. The van der Waals surface area contributed by atoms with Gasteiger partial charge in [-0.05, 0) is 60.6 Å². The first-order valence-electron chi connectivity index (χ1n) is 10.7. The highest BCUT2D eigenvalue weighted by molar-refractivity contribution is 7.80. The molecule has 3 aromatic rings. The number of benzene rings is 3. The van der Waals surface area contributed by atoms with E-state index in [2.05, 4.69) is 10.6 Å². The van der Waals surface area contributed by atoms with Gasteiger partial charge in [-0.1, -0.05) is 49.4 Å². The maximum absolute atomic E-state index is 12.8. The Kier molecular flexibility index (Phi) is 8.55. The molecule has 6 nitrogen and oxygen atoms in total. The van der Waals surface area contributed by atoms with Crippen LogP contribution in [0.2, 0.25) is 0 Å². The summed E-state index contributed by atoms with van der Waals surface area (Å²) in [7, 11) is 1.76. The van der Waals surface area contributed by atoms with Crippen molar-refractivity contribution in [3.05, 3.63) is 95.6 Å². The molecule has 0 aliphatic heterocycles. The Labute approximate surface area is 199 Å². The largest absolute Gasteiger partial charge is 0.494 e. The summed E-state index contributed by atoms with van der Waals surface area (Å²) in [6.45, 7) is 3.11. The molecule has 0 aromatic heterocycles. The number of nitrogens with one attached hydrogen (secondary N) is 2. The second-order valence-electron chi connectivity index (χ2n) is 7.51. The van der Waals surface area contributed by atoms with Crippen LogP contribution < -0.4 is 15.4 Å². The lowest BCUT2D eigenvalue weighted by Crippen LogP contribution is -2.34. The number of anilines is 1. The molecule has 3 rings (SSSR count). The third-order valence-corrected chi connectivity index (χ3v) is 4.98. The van der Waals surface area contributed by atoms with Crippen molar-refractivity contribution in [2.24, 2.45) is 0 Å². The number of thiocarbonyl (C=S) groups is 1. The smallest absolute Gasteiger partial charge is 0.257 e. The third-order valence-electron chi connectivity index (χ3n) is 4.77. The van der Waals surface area contributed by atoms with Crippen molar-refractivity contribution < 1.29 is 14.3 Å². The standard InChI is InChI=1S/C26H27N3O3S/c1-3-15-32-23-14-8-11-20(17-23)24(30)28-26(33)27-22-13-7-12-21(16-22)25(31)29(2)18-19-9-5-4-6-10-19/h4-14,16-17H,3,15,18H2,1-2H3,(H2,27,28,30,33). The van der Waals surface area contributed by atoms with E-state index in [0.29, 0.717) is 35.7 Å². The number of carbonyl (C=O) groups excluding carboxylic acids is 2. The first-order chi connectivity index (χ1) is 16.0. The molecule has 0 unspecified atom stereocenters. The van der Waals surface area contributed by atoms with Crippen LogP contribution in [-0.2, 0) is 6.54 Å². The minimum Gasteiger partial charge on any atom is -0.494 e. The number of hydrogen-bond donors (Lipinski definition) is 2. The molecule has 7 heteroatoms. The zero-order valence-corrected chi connectivity index (χ0v) is 19.5. The number of nitrogens with zero attached hydrogens (tertiary/aromatic N) is 1. The Hall–Kier alpha value is -3.71. The van der Waals surface area contributed by atoms with E-state index in [9.17, 15) is 9.59 Å². The van der Waals surface area contributed by atoms with Crippen LogP contribution in [-0.4, -0.2) is 35.5 Å². The van der Waals surface area contributed by atoms with E-state index in [1.54, 1.807) is 60.5 Å². The van der Waals surface area contributed by atoms with Gasteiger partial charge < -0.3 is 15.0 Å². The Morgan fingerprint density at radius 2 is 1.67 bits per heavy atom. The molecule has 33 heavy (non-hydrogen) atoms. The van der Waals surface area contributed by atoms with Crippen LogP contribution in [0.4, 0.5) is 5.69 Å². The Balaban J connectivity index is 1.60. The van der Waals surface area contributed by atoms with Gasteiger partial charge in [0.1, 0.15) is 5.75 Å². The second kappa shape index (κ2) is 11.8. The van der Waals surface area contributed by atoms with Crippen LogP contribution >= 0.6 is 12.2 Å². The molecule has 2 amide bonds. The highest BCUT2D eigenvalue weighted by Crippen LogP contribution is 2.15. The molecule has 0 saturated carbocycles. The van der Waals surface area contributed by atoms with Gasteiger partial charge in [0, 0.05) is 30.4 Å². The van der Waals surface area contributed by atoms with Crippen LogP contribution in [0.25, 0.3) is 0 Å². The van der Waals surface area contributed by atoms with Crippen LogP contribution in [0.15, 0.2) is 78.9 Å². The predicted molar refractivity (Wildman–Crippen MR) is 135 cm³/mol. The first-order valence-corrected chi connectivity index (χ1v) is 11.1. The summed E-state index contributed by atoms with van der Waals surface area (Å²) in [6, 6.07) is 23.7. The first kappa shape index (κ1) is 23.9. The van der Waals surface area contributed by atoms with E-state index >= 15 is 0 Å². The summed E-state index contributed by atoms with van der Waals surface area (Å²) >= 11 is 5.29. The average molecular weight is 462 g/mol. The molecule has 0 aliphatic rings. The van der Waals surface area contributed by atoms with E-state index in [4.69, 9.17) is 17.0 Å². The Morgan fingerprint density at radius 3 is 2.42 bits per heavy atom. The van der Waals surface area contributed by atoms with Crippen LogP contribution in [0.3, 0.4) is 0 Å². The van der Waals surface area contributed by atoms with Gasteiger partial charge in [0.25, 0.3) is 11.8 Å². The van der Waals surface area contributed by atoms with Crippen LogP contribution in [0.1, 0.15) is 39.6 Å². The van der Waals surface area contributed by atoms with E-state index in [-0.39, 0.29) is 16.9 Å². The molecule has 3 aromatic carbocycles. The predicted octanol–water partition coefficient (Wildman–Crippen LogP) is 4.87. The summed E-state index contributed by atoms with van der Waals surface area (Å²) < 4.78 is 5.57. The molecular weight excluding hydrogens is 434 g/mol. The molecule has 0 bridgehead atoms. The van der Waals surface area contributed by atoms with E-state index in [1.165, 1.54) is 0 Å². The summed E-state index contributed by atoms with van der Waals surface area (Å²) in [5, 5.41) is 5.78. The molecular formula is C26H27N3O3S. The lowest BCUT2D eigenvalue weighted by molar-refractivity contribution is 0.0785. The van der Waals surface area contributed by atoms with Gasteiger partial charge >= 0.3 is 0 Å². The van der Waals surface area contributed by atoms with Gasteiger partial charge in [0.2, 0.25) is 0 Å². The Bertz CT molecular complexity index is 1120. The zero-order chi connectivity index (χ0) is 23.6. The van der Waals surface area contributed by atoms with Crippen molar-refractivity contribution in [3.63, 3.8) is 0 Å². The quantitative estimate of drug-likeness (QED) is 0.468. The molecule has 2 N–H and O–H groups in total. The maximum Gasteiger partial charge on any atom is 0.257 e. The number of carbonyl (C=O) groups is 2. The van der Waals surface area contributed by atoms with E-state index < -0.39 is 0 Å². The summed E-state index contributed by atoms with van der Waals surface area (Å²) in [5.74, 6) is 0.180. The van der Waals surface area contributed by atoms with Crippen molar-refractivity contribution in [2.45, 2.75) is 19.9 Å². The number of amides is 2. The fraction of sp³-hybridized carbons (Fsp3) is 0.192. The fourth-order valence-corrected chi connectivity index (χ4v) is 3.37. The molecule has 0 fully saturated rings. The monoisotopic (exact) mass is 461 g/mol. The Morgan fingerprint density at radius 1 is 0.939 bits per heavy atom. The number of hydrogen-bond acceptors (Lipinski definition) is 4. The van der Waals surface area contributed by atoms with Crippen LogP contribution in [0.5, 0.6) is 5.75 Å². The molecule has 0 radical (unpaired) electrons. The topological polar surface area (TPSA) is 70.7 Å². The number of rotatable bonds is 8. The minimum atomic E-state index is -0.343. The van der Waals surface area contributed by atoms with Crippen molar-refractivity contribution in [1.29, 1.82) is 0 Å². The van der Waals surface area contributed by atoms with Crippen molar-refractivity contribution in [2.75, 3.05) is 19.0 Å². The lowest BCUT2D eigenvalue weighted by Gasteiger charge is -2.18. The zero-order valence-electron chi connectivity index (χ0n) is 18.7. The average Bonchev–Trinajstić information content (AvgIpc) is 2.83. The molecule has 0 spiro atoms. The lowest BCUT2D eigenvalue weighted by atomic mass is 10.1. The highest BCUT2D eigenvalue weighted by atomic mass is 32.1. The second-order valence-corrected chi connectivity index (χ2v) is 7.92. The van der Waals surface area contributed by atoms with Gasteiger partial charge in [-0.2, -0.15) is 0 Å². The van der Waals surface area contributed by atoms with Crippen molar-refractivity contribution in [3.8, 4) is 5.75 Å². The SMILES string of the molecule is CCCOc1cccc(C(=O)NC(=S)Nc2cccc(C(=O)N(C)Cc3ccccc3)c2)c1. The van der Waals surface area contributed by atoms with Crippen LogP contribution in [0, 0.1) is 0 Å². The van der Waals surface area contributed by atoms with Crippen molar-refractivity contribution in [1.82, 2.24) is 10.2 Å². The normalized spacial score (nSPS) is 10.2. The highest BCUT2D eigenvalue weighted by Gasteiger charge is 2.14. The molecule has 170 valence electrons. The van der Waals surface area contributed by atoms with Gasteiger partial charge in [-0.15, -0.1) is 0 Å². The molecule has 0 saturated heterocycles. The summed E-state index contributed by atoms with van der Waals surface area (Å²) in [5.41, 5.74) is 2.63.